The number of amides is 2. The Balaban J connectivity index is 1.37. The number of ether oxygens (including phenoxy) is 2. The van der Waals surface area contributed by atoms with Crippen LogP contribution in [0.25, 0.3) is 11.1 Å². The van der Waals surface area contributed by atoms with Gasteiger partial charge in [-0.1, -0.05) is 11.3 Å². The first-order chi connectivity index (χ1) is 17.0. The summed E-state index contributed by atoms with van der Waals surface area (Å²) in [6.45, 7) is 3.34. The summed E-state index contributed by atoms with van der Waals surface area (Å²) in [4.78, 5) is 37.5. The number of hydrogen-bond donors (Lipinski definition) is 1. The number of hydrogen-bond acceptors (Lipinski definition) is 8. The van der Waals surface area contributed by atoms with E-state index < -0.39 is 0 Å². The second-order valence-electron chi connectivity index (χ2n) is 8.44. The highest BCUT2D eigenvalue weighted by Crippen LogP contribution is 2.35. The third kappa shape index (κ3) is 4.48. The first-order valence-electron chi connectivity index (χ1n) is 11.2. The standard InChI is InChI=1S/C25H23N5O4S/c1-14-8-16(17-9-15(10-26)5-6-20(17)33-2)18(11-27-14)23(31)29-25-28-19-12-30(13-22(19)35-25)24(32)21-4-3-7-34-21/h5-6,8-9,11,21H,3-4,7,12-13H2,1-2H3,(H,28,29,31)/t21-/m1/s1. The molecule has 1 aromatic carbocycles. The number of pyridine rings is 1. The molecule has 9 nitrogen and oxygen atoms in total. The van der Waals surface area contributed by atoms with E-state index in [2.05, 4.69) is 21.4 Å². The molecular formula is C25H23N5O4S. The minimum atomic E-state index is -0.364. The molecule has 0 aliphatic carbocycles. The van der Waals surface area contributed by atoms with Gasteiger partial charge in [0, 0.05) is 29.6 Å². The van der Waals surface area contributed by atoms with Crippen molar-refractivity contribution in [3.8, 4) is 22.9 Å². The fourth-order valence-corrected chi connectivity index (χ4v) is 5.32. The van der Waals surface area contributed by atoms with E-state index in [4.69, 9.17) is 9.47 Å². The van der Waals surface area contributed by atoms with Gasteiger partial charge in [-0.3, -0.25) is 19.9 Å². The summed E-state index contributed by atoms with van der Waals surface area (Å²) in [5, 5.41) is 12.7. The van der Waals surface area contributed by atoms with Crippen LogP contribution in [-0.4, -0.2) is 46.5 Å². The summed E-state index contributed by atoms with van der Waals surface area (Å²) in [5.41, 5.74) is 3.57. The molecule has 10 heteroatoms. The van der Waals surface area contributed by atoms with Crippen LogP contribution in [0, 0.1) is 18.3 Å². The van der Waals surface area contributed by atoms with Gasteiger partial charge in [-0.2, -0.15) is 5.26 Å². The Morgan fingerprint density at radius 3 is 2.86 bits per heavy atom. The van der Waals surface area contributed by atoms with Crippen molar-refractivity contribution in [1.82, 2.24) is 14.9 Å². The van der Waals surface area contributed by atoms with Crippen molar-refractivity contribution in [2.24, 2.45) is 0 Å². The quantitative estimate of drug-likeness (QED) is 0.581. The van der Waals surface area contributed by atoms with E-state index in [1.807, 2.05) is 6.92 Å². The van der Waals surface area contributed by atoms with Gasteiger partial charge >= 0.3 is 0 Å². The van der Waals surface area contributed by atoms with E-state index in [0.717, 1.165) is 29.1 Å². The molecule has 2 aromatic heterocycles. The fourth-order valence-electron chi connectivity index (χ4n) is 4.34. The topological polar surface area (TPSA) is 117 Å². The van der Waals surface area contributed by atoms with Crippen LogP contribution in [0.2, 0.25) is 0 Å². The van der Waals surface area contributed by atoms with Gasteiger partial charge in [0.05, 0.1) is 48.0 Å². The molecular weight excluding hydrogens is 466 g/mol. The number of rotatable bonds is 5. The van der Waals surface area contributed by atoms with E-state index in [1.54, 1.807) is 36.3 Å². The Bertz CT molecular complexity index is 1330. The normalized spacial score (nSPS) is 16.6. The lowest BCUT2D eigenvalue weighted by molar-refractivity contribution is -0.141. The minimum Gasteiger partial charge on any atom is -0.496 e. The third-order valence-electron chi connectivity index (χ3n) is 6.09. The first-order valence-corrected chi connectivity index (χ1v) is 12.0. The lowest BCUT2D eigenvalue weighted by Gasteiger charge is -2.19. The Hall–Kier alpha value is -3.81. The number of carbonyl (C=O) groups is 2. The van der Waals surface area contributed by atoms with Crippen LogP contribution in [0.4, 0.5) is 5.13 Å². The minimum absolute atomic E-state index is 0.00204. The maximum atomic E-state index is 13.3. The number of benzene rings is 1. The van der Waals surface area contributed by atoms with Crippen molar-refractivity contribution in [2.45, 2.75) is 39.0 Å². The molecule has 35 heavy (non-hydrogen) atoms. The maximum absolute atomic E-state index is 13.3. The lowest BCUT2D eigenvalue weighted by atomic mass is 9.97. The number of carbonyl (C=O) groups excluding carboxylic acids is 2. The molecule has 0 saturated carbocycles. The molecule has 0 bridgehead atoms. The van der Waals surface area contributed by atoms with Gasteiger partial charge in [-0.05, 0) is 44.0 Å². The molecule has 1 saturated heterocycles. The van der Waals surface area contributed by atoms with Crippen molar-refractivity contribution >= 4 is 28.3 Å². The van der Waals surface area contributed by atoms with Crippen LogP contribution in [0.1, 0.15) is 45.0 Å². The van der Waals surface area contributed by atoms with E-state index in [0.29, 0.717) is 52.8 Å². The zero-order valence-electron chi connectivity index (χ0n) is 19.3. The highest BCUT2D eigenvalue weighted by Gasteiger charge is 2.34. The van der Waals surface area contributed by atoms with Crippen molar-refractivity contribution in [1.29, 1.82) is 5.26 Å². The number of methoxy groups -OCH3 is 1. The SMILES string of the molecule is COc1ccc(C#N)cc1-c1cc(C)ncc1C(=O)Nc1nc2c(s1)CN(C(=O)[C@H]1CCCO1)C2. The fraction of sp³-hybridized carbons (Fsp3) is 0.320. The molecule has 3 aromatic rings. The average Bonchev–Trinajstić information content (AvgIpc) is 3.60. The molecule has 0 unspecified atom stereocenters. The lowest BCUT2D eigenvalue weighted by Crippen LogP contribution is -2.35. The van der Waals surface area contributed by atoms with Gasteiger partial charge in [0.2, 0.25) is 0 Å². The van der Waals surface area contributed by atoms with Gasteiger partial charge in [0.1, 0.15) is 11.9 Å². The number of thiazole rings is 1. The summed E-state index contributed by atoms with van der Waals surface area (Å²) in [6.07, 6.45) is 2.82. The van der Waals surface area contributed by atoms with Gasteiger partial charge in [-0.15, -0.1) is 0 Å². The van der Waals surface area contributed by atoms with Crippen LogP contribution in [0.15, 0.2) is 30.5 Å². The van der Waals surface area contributed by atoms with Crippen molar-refractivity contribution in [2.75, 3.05) is 19.0 Å². The second kappa shape index (κ2) is 9.44. The molecule has 1 N–H and O–H groups in total. The van der Waals surface area contributed by atoms with Crippen molar-refractivity contribution in [3.63, 3.8) is 0 Å². The van der Waals surface area contributed by atoms with Gasteiger partial charge < -0.3 is 14.4 Å². The highest BCUT2D eigenvalue weighted by atomic mass is 32.1. The van der Waals surface area contributed by atoms with E-state index in [-0.39, 0.29) is 17.9 Å². The Kier molecular flexibility index (Phi) is 6.19. The summed E-state index contributed by atoms with van der Waals surface area (Å²) in [5.74, 6) is 0.187. The Morgan fingerprint density at radius 1 is 1.29 bits per heavy atom. The molecule has 178 valence electrons. The number of anilines is 1. The maximum Gasteiger partial charge on any atom is 0.259 e. The molecule has 5 rings (SSSR count). The van der Waals surface area contributed by atoms with Crippen LogP contribution < -0.4 is 10.1 Å². The highest BCUT2D eigenvalue weighted by molar-refractivity contribution is 7.16. The van der Waals surface area contributed by atoms with Crippen molar-refractivity contribution in [3.05, 3.63) is 57.9 Å². The average molecular weight is 490 g/mol. The molecule has 4 heterocycles. The van der Waals surface area contributed by atoms with Crippen LogP contribution in [0.5, 0.6) is 5.75 Å². The third-order valence-corrected chi connectivity index (χ3v) is 7.09. The molecule has 2 aliphatic heterocycles. The smallest absolute Gasteiger partial charge is 0.259 e. The number of aryl methyl sites for hydroxylation is 1. The molecule has 1 atom stereocenters. The van der Waals surface area contributed by atoms with Crippen molar-refractivity contribution < 1.29 is 19.1 Å². The monoisotopic (exact) mass is 489 g/mol. The van der Waals surface area contributed by atoms with Gasteiger partial charge in [-0.25, -0.2) is 4.98 Å². The summed E-state index contributed by atoms with van der Waals surface area (Å²) in [6, 6.07) is 8.99. The molecule has 0 spiro atoms. The van der Waals surface area contributed by atoms with E-state index in [1.165, 1.54) is 17.5 Å². The zero-order chi connectivity index (χ0) is 24.5. The Labute approximate surface area is 206 Å². The van der Waals surface area contributed by atoms with Crippen LogP contribution in [-0.2, 0) is 22.6 Å². The molecule has 2 amide bonds. The number of fused-ring (bicyclic) bond motifs is 1. The second-order valence-corrected chi connectivity index (χ2v) is 9.52. The molecule has 2 aliphatic rings. The summed E-state index contributed by atoms with van der Waals surface area (Å²) >= 11 is 1.36. The Morgan fingerprint density at radius 2 is 2.14 bits per heavy atom. The zero-order valence-corrected chi connectivity index (χ0v) is 20.1. The van der Waals surface area contributed by atoms with E-state index in [9.17, 15) is 14.9 Å². The summed E-state index contributed by atoms with van der Waals surface area (Å²) < 4.78 is 11.0. The number of aromatic nitrogens is 2. The predicted molar refractivity (Wildman–Crippen MR) is 129 cm³/mol. The molecule has 1 fully saturated rings. The van der Waals surface area contributed by atoms with Gasteiger partial charge in [0.25, 0.3) is 11.8 Å². The predicted octanol–water partition coefficient (Wildman–Crippen LogP) is 3.67. The van der Waals surface area contributed by atoms with E-state index >= 15 is 0 Å². The number of nitriles is 1. The summed E-state index contributed by atoms with van der Waals surface area (Å²) in [7, 11) is 1.54. The first kappa shape index (κ1) is 23.0. The van der Waals surface area contributed by atoms with Gasteiger partial charge in [0.15, 0.2) is 5.13 Å². The largest absolute Gasteiger partial charge is 0.496 e. The van der Waals surface area contributed by atoms with Crippen LogP contribution >= 0.6 is 11.3 Å². The van der Waals surface area contributed by atoms with Crippen LogP contribution in [0.3, 0.4) is 0 Å². The number of nitrogens with one attached hydrogen (secondary N) is 1. The molecule has 0 radical (unpaired) electrons. The number of nitrogens with zero attached hydrogens (tertiary/aromatic N) is 4.